The number of morpholine rings is 1. The molecule has 1 rings (SSSR count). The molecule has 3 nitrogen and oxygen atoms in total. The van der Waals surface area contributed by atoms with E-state index in [-0.39, 0.29) is 5.54 Å². The number of ether oxygens (including phenoxy) is 1. The summed E-state index contributed by atoms with van der Waals surface area (Å²) in [5.41, 5.74) is 5.84. The second kappa shape index (κ2) is 5.69. The van der Waals surface area contributed by atoms with E-state index in [0.29, 0.717) is 0 Å². The molecule has 0 spiro atoms. The van der Waals surface area contributed by atoms with Crippen LogP contribution in [0.25, 0.3) is 0 Å². The highest BCUT2D eigenvalue weighted by atomic mass is 16.5. The van der Waals surface area contributed by atoms with Gasteiger partial charge >= 0.3 is 0 Å². The minimum absolute atomic E-state index is 0.285. The minimum Gasteiger partial charge on any atom is -0.378 e. The summed E-state index contributed by atoms with van der Waals surface area (Å²) in [7, 11) is 0. The predicted octanol–water partition coefficient (Wildman–Crippen LogP) is 1.23. The maximum atomic E-state index is 5.60. The minimum atomic E-state index is 0.285. The van der Waals surface area contributed by atoms with Crippen LogP contribution in [-0.4, -0.2) is 43.3 Å². The van der Waals surface area contributed by atoms with E-state index in [1.807, 2.05) is 0 Å². The van der Waals surface area contributed by atoms with Crippen molar-refractivity contribution in [1.82, 2.24) is 4.90 Å². The summed E-state index contributed by atoms with van der Waals surface area (Å²) < 4.78 is 5.60. The van der Waals surface area contributed by atoms with Gasteiger partial charge < -0.3 is 10.5 Å². The molecular weight excluding hydrogens is 176 g/mol. The van der Waals surface area contributed by atoms with Gasteiger partial charge in [0, 0.05) is 18.6 Å². The molecule has 0 amide bonds. The summed E-state index contributed by atoms with van der Waals surface area (Å²) in [6.07, 6.45) is 3.45. The first-order valence-corrected chi connectivity index (χ1v) is 5.82. The molecule has 1 heterocycles. The fourth-order valence-electron chi connectivity index (χ4n) is 2.30. The van der Waals surface area contributed by atoms with Crippen LogP contribution in [0, 0.1) is 0 Å². The third-order valence-electron chi connectivity index (χ3n) is 3.50. The second-order valence-electron chi connectivity index (χ2n) is 4.11. The zero-order valence-corrected chi connectivity index (χ0v) is 9.59. The zero-order valence-electron chi connectivity index (χ0n) is 9.59. The summed E-state index contributed by atoms with van der Waals surface area (Å²) in [5.74, 6) is 0. The Hall–Kier alpha value is -0.120. The summed E-state index contributed by atoms with van der Waals surface area (Å²) in [4.78, 5) is 2.57. The van der Waals surface area contributed by atoms with E-state index in [1.165, 1.54) is 12.8 Å². The van der Waals surface area contributed by atoms with Gasteiger partial charge in [-0.15, -0.1) is 0 Å². The summed E-state index contributed by atoms with van der Waals surface area (Å²) in [6, 6.07) is 0. The first kappa shape index (κ1) is 12.0. The number of nitrogens with two attached hydrogens (primary N) is 1. The molecule has 1 aliphatic rings. The molecule has 0 atom stereocenters. The van der Waals surface area contributed by atoms with Crippen LogP contribution in [0.1, 0.15) is 33.1 Å². The van der Waals surface area contributed by atoms with Crippen molar-refractivity contribution < 1.29 is 4.74 Å². The number of rotatable bonds is 5. The van der Waals surface area contributed by atoms with Crippen molar-refractivity contribution in [1.29, 1.82) is 0 Å². The Morgan fingerprint density at radius 1 is 1.36 bits per heavy atom. The van der Waals surface area contributed by atoms with E-state index in [1.54, 1.807) is 0 Å². The first-order valence-electron chi connectivity index (χ1n) is 5.82. The van der Waals surface area contributed by atoms with Gasteiger partial charge in [0.25, 0.3) is 0 Å². The summed E-state index contributed by atoms with van der Waals surface area (Å²) in [5, 5.41) is 0. The highest BCUT2D eigenvalue weighted by molar-refractivity contribution is 4.90. The van der Waals surface area contributed by atoms with Crippen LogP contribution in [0.5, 0.6) is 0 Å². The maximum absolute atomic E-state index is 5.60. The average molecular weight is 200 g/mol. The Kier molecular flexibility index (Phi) is 4.85. The Balaban J connectivity index is 2.56. The zero-order chi connectivity index (χ0) is 10.4. The molecular formula is C11H24N2O. The second-order valence-corrected chi connectivity index (χ2v) is 4.11. The summed E-state index contributed by atoms with van der Waals surface area (Å²) in [6.45, 7) is 9.28. The molecule has 14 heavy (non-hydrogen) atoms. The van der Waals surface area contributed by atoms with Gasteiger partial charge in [0.2, 0.25) is 0 Å². The van der Waals surface area contributed by atoms with Gasteiger partial charge in [-0.3, -0.25) is 4.90 Å². The van der Waals surface area contributed by atoms with E-state index in [0.717, 1.165) is 39.3 Å². The highest BCUT2D eigenvalue weighted by Gasteiger charge is 2.35. The normalized spacial score (nSPS) is 22.5. The largest absolute Gasteiger partial charge is 0.378 e. The third-order valence-corrected chi connectivity index (χ3v) is 3.50. The molecule has 0 unspecified atom stereocenters. The first-order chi connectivity index (χ1) is 6.79. The predicted molar refractivity (Wildman–Crippen MR) is 59.4 cm³/mol. The van der Waals surface area contributed by atoms with Crippen LogP contribution >= 0.6 is 0 Å². The van der Waals surface area contributed by atoms with Crippen molar-refractivity contribution in [3.63, 3.8) is 0 Å². The van der Waals surface area contributed by atoms with E-state index >= 15 is 0 Å². The molecule has 84 valence electrons. The van der Waals surface area contributed by atoms with Crippen LogP contribution in [0.2, 0.25) is 0 Å². The standard InChI is InChI=1S/C11H24N2O/c1-3-11(4-2)10-14-9-8-13(11)7-5-6-12/h3-10,12H2,1-2H3. The van der Waals surface area contributed by atoms with Gasteiger partial charge in [-0.25, -0.2) is 0 Å². The van der Waals surface area contributed by atoms with E-state index in [4.69, 9.17) is 10.5 Å². The fraction of sp³-hybridized carbons (Fsp3) is 1.00. The molecule has 0 aromatic carbocycles. The van der Waals surface area contributed by atoms with Crippen LogP contribution in [0.15, 0.2) is 0 Å². The molecule has 1 aliphatic heterocycles. The Morgan fingerprint density at radius 2 is 2.07 bits per heavy atom. The topological polar surface area (TPSA) is 38.5 Å². The van der Waals surface area contributed by atoms with Gasteiger partial charge in [0.05, 0.1) is 13.2 Å². The molecule has 1 saturated heterocycles. The lowest BCUT2D eigenvalue weighted by atomic mass is 9.90. The van der Waals surface area contributed by atoms with Gasteiger partial charge in [-0.1, -0.05) is 13.8 Å². The molecule has 2 N–H and O–H groups in total. The van der Waals surface area contributed by atoms with Crippen LogP contribution < -0.4 is 5.73 Å². The molecule has 0 aromatic rings. The van der Waals surface area contributed by atoms with Crippen molar-refractivity contribution in [3.05, 3.63) is 0 Å². The van der Waals surface area contributed by atoms with E-state index in [2.05, 4.69) is 18.7 Å². The number of hydrogen-bond donors (Lipinski definition) is 1. The fourth-order valence-corrected chi connectivity index (χ4v) is 2.30. The highest BCUT2D eigenvalue weighted by Crippen LogP contribution is 2.27. The lowest BCUT2D eigenvalue weighted by Gasteiger charge is -2.46. The van der Waals surface area contributed by atoms with Crippen molar-refractivity contribution in [3.8, 4) is 0 Å². The van der Waals surface area contributed by atoms with E-state index < -0.39 is 0 Å². The van der Waals surface area contributed by atoms with Crippen molar-refractivity contribution in [2.75, 3.05) is 32.8 Å². The smallest absolute Gasteiger partial charge is 0.0650 e. The van der Waals surface area contributed by atoms with Crippen LogP contribution in [0.3, 0.4) is 0 Å². The molecule has 0 bridgehead atoms. The summed E-state index contributed by atoms with van der Waals surface area (Å²) >= 11 is 0. The average Bonchev–Trinajstić information content (AvgIpc) is 2.26. The Bertz CT molecular complexity index is 157. The van der Waals surface area contributed by atoms with Crippen LogP contribution in [-0.2, 0) is 4.74 Å². The van der Waals surface area contributed by atoms with Crippen molar-refractivity contribution in [2.45, 2.75) is 38.6 Å². The SMILES string of the molecule is CCC1(CC)COCCN1CCCN. The van der Waals surface area contributed by atoms with Crippen molar-refractivity contribution in [2.24, 2.45) is 5.73 Å². The third kappa shape index (κ3) is 2.47. The lowest BCUT2D eigenvalue weighted by Crippen LogP contribution is -2.56. The van der Waals surface area contributed by atoms with Gasteiger partial charge in [-0.2, -0.15) is 0 Å². The monoisotopic (exact) mass is 200 g/mol. The van der Waals surface area contributed by atoms with Crippen molar-refractivity contribution >= 4 is 0 Å². The van der Waals surface area contributed by atoms with Crippen LogP contribution in [0.4, 0.5) is 0 Å². The molecule has 3 heteroatoms. The molecule has 0 aromatic heterocycles. The molecule has 0 radical (unpaired) electrons. The maximum Gasteiger partial charge on any atom is 0.0650 e. The molecule has 1 fully saturated rings. The number of hydrogen-bond acceptors (Lipinski definition) is 3. The Labute approximate surface area is 87.6 Å². The molecule has 0 saturated carbocycles. The van der Waals surface area contributed by atoms with E-state index in [9.17, 15) is 0 Å². The quantitative estimate of drug-likeness (QED) is 0.725. The van der Waals surface area contributed by atoms with Gasteiger partial charge in [0.1, 0.15) is 0 Å². The molecule has 0 aliphatic carbocycles. The lowest BCUT2D eigenvalue weighted by molar-refractivity contribution is -0.0729. The number of nitrogens with zero attached hydrogens (tertiary/aromatic N) is 1. The van der Waals surface area contributed by atoms with Gasteiger partial charge in [-0.05, 0) is 25.8 Å². The Morgan fingerprint density at radius 3 is 2.64 bits per heavy atom. The van der Waals surface area contributed by atoms with Gasteiger partial charge in [0.15, 0.2) is 0 Å².